The largest absolute Gasteiger partial charge is 0.502 e. The number of rotatable bonds is 12. The predicted octanol–water partition coefficient (Wildman–Crippen LogP) is 11.4. The number of fused-ring (bicyclic) bond motifs is 2. The van der Waals surface area contributed by atoms with Crippen LogP contribution >= 0.6 is 0 Å². The Kier molecular flexibility index (Phi) is 24.2. The Balaban J connectivity index is 0.000000236. The van der Waals surface area contributed by atoms with E-state index in [9.17, 15) is 44.5 Å². The van der Waals surface area contributed by atoms with Crippen molar-refractivity contribution in [2.24, 2.45) is 5.73 Å². The number of hydrogen-bond acceptors (Lipinski definition) is 14. The van der Waals surface area contributed by atoms with Crippen LogP contribution in [0.25, 0.3) is 34.4 Å². The average molecular weight is 995 g/mol. The molecule has 0 amide bonds. The van der Waals surface area contributed by atoms with Gasteiger partial charge in [0.25, 0.3) is 0 Å². The maximum Gasteiger partial charge on any atom is 0.417 e. The number of aromatic nitrogens is 2. The number of hydrogen-bond donors (Lipinski definition) is 6. The van der Waals surface area contributed by atoms with Crippen molar-refractivity contribution in [1.82, 2.24) is 15.3 Å². The van der Waals surface area contributed by atoms with Crippen LogP contribution in [0.4, 0.5) is 11.4 Å². The van der Waals surface area contributed by atoms with Gasteiger partial charge in [0.1, 0.15) is 6.29 Å². The Bertz CT molecular complexity index is 3230. The lowest BCUT2D eigenvalue weighted by molar-refractivity contribution is -0.386. The van der Waals surface area contributed by atoms with E-state index in [1.165, 1.54) is 42.3 Å². The highest BCUT2D eigenvalue weighted by Crippen LogP contribution is 2.27. The molecule has 6 aromatic carbocycles. The molecule has 0 aliphatic carbocycles. The smallest absolute Gasteiger partial charge is 0.417 e. The number of oxazole rings is 2. The maximum atomic E-state index is 10.9. The van der Waals surface area contributed by atoms with Crippen LogP contribution in [0.5, 0.6) is 11.5 Å². The van der Waals surface area contributed by atoms with E-state index in [1.807, 2.05) is 75.4 Å². The number of nitrogens with one attached hydrogen (secondary N) is 3. The zero-order chi connectivity index (χ0) is 53.9. The van der Waals surface area contributed by atoms with Gasteiger partial charge in [0.2, 0.25) is 0 Å². The van der Waals surface area contributed by atoms with Gasteiger partial charge < -0.3 is 30.1 Å². The SMILES string of the molecule is C/C=C/c1ccc([N+](=O)[O-])c(O)c1.C/C=C/c1ccc2[nH]c(=O)oc2c1.C=CC(C)=O.CC(NCc1ccccc1)c1ccccc1.CCC(N)c1ccc2[nH]c(=O)oc2c1.O=Cc1ccc([N+](=O)[O-])c(O)c1. The number of nitro benzene ring substituents is 2. The first-order valence-corrected chi connectivity index (χ1v) is 22.5. The Morgan fingerprint density at radius 1 is 0.712 bits per heavy atom. The fourth-order valence-electron chi connectivity index (χ4n) is 6.17. The molecule has 18 nitrogen and oxygen atoms in total. The molecule has 8 rings (SSSR count). The van der Waals surface area contributed by atoms with E-state index in [2.05, 4.69) is 77.3 Å². The summed E-state index contributed by atoms with van der Waals surface area (Å²) >= 11 is 0. The van der Waals surface area contributed by atoms with Gasteiger partial charge in [-0.3, -0.25) is 39.8 Å². The number of nitrogens with two attached hydrogens (primary N) is 1. The highest BCUT2D eigenvalue weighted by molar-refractivity contribution is 5.86. The van der Waals surface area contributed by atoms with Gasteiger partial charge in [-0.1, -0.05) is 111 Å². The van der Waals surface area contributed by atoms with Crippen molar-refractivity contribution in [2.45, 2.75) is 59.7 Å². The van der Waals surface area contributed by atoms with Gasteiger partial charge in [0.05, 0.1) is 20.9 Å². The number of nitrogens with zero attached hydrogens (tertiary/aromatic N) is 2. The Morgan fingerprint density at radius 2 is 1.16 bits per heavy atom. The van der Waals surface area contributed by atoms with Crippen LogP contribution in [0, 0.1) is 20.2 Å². The van der Waals surface area contributed by atoms with Crippen LogP contribution in [0.1, 0.15) is 91.3 Å². The third-order valence-electron chi connectivity index (χ3n) is 10.0. The number of allylic oxidation sites excluding steroid dienone is 3. The van der Waals surface area contributed by atoms with Gasteiger partial charge in [-0.2, -0.15) is 0 Å². The molecule has 0 fully saturated rings. The lowest BCUT2D eigenvalue weighted by atomic mass is 10.1. The topological polar surface area (TPSA) is 291 Å². The standard InChI is InChI=1S/C15H17N.C10H12N2O2.C10H9NO2.C9H9NO3.C7H5NO4.C4H6O/c1-13(15-10-6-3-7-11-15)16-12-14-8-4-2-5-9-14;1-2-7(11)6-3-4-8-9(5-6)14-10(13)12-8;1-2-3-7-4-5-8-9(6-7)13-10(12)11-8;1-2-3-7-4-5-8(10(12)13)9(11)6-7;9-4-5-1-2-6(8(11)12)7(10)3-5;1-3-4(2)5/h2-11,13,16H,12H2,1H3;3-5,7H,2,11H2,1H3,(H,12,13);2-6H,1H3,(H,11,12);2-6,11H,1H3;1-4,10H;3H,1H2,2H3/b;;2*3-2+;;. The molecule has 18 heteroatoms. The molecule has 0 radical (unpaired) electrons. The molecule has 0 spiro atoms. The average Bonchev–Trinajstić information content (AvgIpc) is 3.96. The van der Waals surface area contributed by atoms with Crippen molar-refractivity contribution < 1.29 is 38.5 Å². The summed E-state index contributed by atoms with van der Waals surface area (Å²) in [5.74, 6) is -1.62. The molecule has 73 heavy (non-hydrogen) atoms. The molecular formula is C55H58N6O12. The fraction of sp³-hybridized carbons (Fsp3) is 0.164. The molecule has 2 unspecified atom stereocenters. The van der Waals surface area contributed by atoms with Crippen LogP contribution < -0.4 is 22.6 Å². The van der Waals surface area contributed by atoms with E-state index in [4.69, 9.17) is 19.7 Å². The van der Waals surface area contributed by atoms with E-state index in [0.29, 0.717) is 29.0 Å². The van der Waals surface area contributed by atoms with Crippen LogP contribution in [0.3, 0.4) is 0 Å². The maximum absolute atomic E-state index is 10.9. The number of nitro groups is 2. The second-order valence-electron chi connectivity index (χ2n) is 15.5. The molecule has 2 atom stereocenters. The molecule has 380 valence electrons. The van der Waals surface area contributed by atoms with Gasteiger partial charge in [0.15, 0.2) is 28.4 Å². The monoisotopic (exact) mass is 994 g/mol. The van der Waals surface area contributed by atoms with Gasteiger partial charge in [-0.15, -0.1) is 0 Å². The summed E-state index contributed by atoms with van der Waals surface area (Å²) in [5, 5.41) is 42.2. The summed E-state index contributed by atoms with van der Waals surface area (Å²) in [6.45, 7) is 13.6. The number of carbonyl (C=O) groups excluding carboxylic acids is 2. The first-order valence-electron chi connectivity index (χ1n) is 22.5. The minimum atomic E-state index is -0.718. The van der Waals surface area contributed by atoms with E-state index in [-0.39, 0.29) is 28.8 Å². The predicted molar refractivity (Wildman–Crippen MR) is 284 cm³/mol. The van der Waals surface area contributed by atoms with Gasteiger partial charge in [-0.25, -0.2) is 9.59 Å². The van der Waals surface area contributed by atoms with Crippen molar-refractivity contribution in [3.05, 3.63) is 233 Å². The number of aromatic amines is 2. The molecule has 8 aromatic rings. The molecule has 0 aliphatic heterocycles. The van der Waals surface area contributed by atoms with Crippen molar-refractivity contribution in [1.29, 1.82) is 0 Å². The number of phenols is 2. The van der Waals surface area contributed by atoms with E-state index < -0.39 is 32.8 Å². The second-order valence-corrected chi connectivity index (χ2v) is 15.5. The van der Waals surface area contributed by atoms with Gasteiger partial charge in [-0.05, 0) is 117 Å². The molecule has 0 saturated carbocycles. The van der Waals surface area contributed by atoms with E-state index >= 15 is 0 Å². The van der Waals surface area contributed by atoms with Gasteiger partial charge in [0, 0.05) is 36.3 Å². The number of aldehydes is 1. The summed E-state index contributed by atoms with van der Waals surface area (Å²) in [6.07, 6.45) is 10.1. The first kappa shape index (κ1) is 58.1. The summed E-state index contributed by atoms with van der Waals surface area (Å²) in [6, 6.07) is 40.1. The highest BCUT2D eigenvalue weighted by Gasteiger charge is 2.13. The van der Waals surface area contributed by atoms with Crippen molar-refractivity contribution in [2.75, 3.05) is 0 Å². The van der Waals surface area contributed by atoms with E-state index in [0.717, 1.165) is 47.3 Å². The molecule has 0 bridgehead atoms. The van der Waals surface area contributed by atoms with Crippen molar-refractivity contribution in [3.63, 3.8) is 0 Å². The molecule has 0 aliphatic rings. The molecule has 2 aromatic heterocycles. The number of H-pyrrole nitrogens is 2. The first-order chi connectivity index (χ1) is 34.9. The van der Waals surface area contributed by atoms with Crippen LogP contribution in [0.2, 0.25) is 0 Å². The number of benzene rings is 6. The summed E-state index contributed by atoms with van der Waals surface area (Å²) < 4.78 is 9.85. The van der Waals surface area contributed by atoms with Crippen LogP contribution in [-0.4, -0.2) is 42.1 Å². The quantitative estimate of drug-likeness (QED) is 0.0287. The number of carbonyl (C=O) groups is 2. The number of ketones is 1. The van der Waals surface area contributed by atoms with Crippen LogP contribution in [-0.2, 0) is 11.3 Å². The van der Waals surface area contributed by atoms with Crippen LogP contribution in [0.15, 0.2) is 177 Å². The Morgan fingerprint density at radius 3 is 1.63 bits per heavy atom. The highest BCUT2D eigenvalue weighted by atomic mass is 16.6. The molecular weight excluding hydrogens is 937 g/mol. The van der Waals surface area contributed by atoms with E-state index in [1.54, 1.807) is 24.3 Å². The molecule has 0 saturated heterocycles. The van der Waals surface area contributed by atoms with Crippen molar-refractivity contribution in [3.8, 4) is 11.5 Å². The zero-order valence-corrected chi connectivity index (χ0v) is 40.9. The third kappa shape index (κ3) is 19.9. The molecule has 7 N–H and O–H groups in total. The minimum absolute atomic E-state index is 0.000368. The molecule has 2 heterocycles. The minimum Gasteiger partial charge on any atom is -0.502 e. The lowest BCUT2D eigenvalue weighted by Crippen LogP contribution is -2.17. The summed E-state index contributed by atoms with van der Waals surface area (Å²) in [4.78, 5) is 65.9. The van der Waals surface area contributed by atoms with Crippen molar-refractivity contribution >= 4 is 57.8 Å². The normalized spacial score (nSPS) is 11.2. The number of phenolic OH excluding ortho intramolecular Hbond substituents is 2. The fourth-order valence-corrected chi connectivity index (χ4v) is 6.17. The third-order valence-corrected chi connectivity index (χ3v) is 10.0. The second kappa shape index (κ2) is 30.4. The Hall–Kier alpha value is -9.26. The van der Waals surface area contributed by atoms with Gasteiger partial charge >= 0.3 is 22.9 Å². The summed E-state index contributed by atoms with van der Waals surface area (Å²) in [7, 11) is 0. The summed E-state index contributed by atoms with van der Waals surface area (Å²) in [5.41, 5.74) is 13.4. The Labute approximate surface area is 420 Å². The lowest BCUT2D eigenvalue weighted by Gasteiger charge is -2.14. The number of aromatic hydroxyl groups is 2. The zero-order valence-electron chi connectivity index (χ0n) is 40.9.